The van der Waals surface area contributed by atoms with E-state index in [1.54, 1.807) is 43.8 Å². The van der Waals surface area contributed by atoms with Gasteiger partial charge in [0.25, 0.3) is 0 Å². The number of hydrogen-bond acceptors (Lipinski definition) is 6. The van der Waals surface area contributed by atoms with Gasteiger partial charge in [0.05, 0.1) is 30.0 Å². The van der Waals surface area contributed by atoms with Gasteiger partial charge in [0.2, 0.25) is 12.2 Å². The first kappa shape index (κ1) is 22.8. The zero-order valence-corrected chi connectivity index (χ0v) is 19.1. The summed E-state index contributed by atoms with van der Waals surface area (Å²) in [6.45, 7) is 2.53. The van der Waals surface area contributed by atoms with E-state index in [1.807, 2.05) is 24.3 Å². The Kier molecular flexibility index (Phi) is 6.35. The van der Waals surface area contributed by atoms with Crippen LogP contribution in [0.1, 0.15) is 24.6 Å². The summed E-state index contributed by atoms with van der Waals surface area (Å²) < 4.78 is 25.4. The molecule has 4 aromatic rings. The molecule has 35 heavy (non-hydrogen) atoms. The summed E-state index contributed by atoms with van der Waals surface area (Å²) >= 11 is 0. The van der Waals surface area contributed by atoms with E-state index in [0.717, 1.165) is 22.4 Å². The fourth-order valence-electron chi connectivity index (χ4n) is 3.84. The van der Waals surface area contributed by atoms with Crippen LogP contribution in [0.5, 0.6) is 0 Å². The molecule has 0 radical (unpaired) electrons. The average molecular weight is 474 g/mol. The van der Waals surface area contributed by atoms with Gasteiger partial charge in [-0.3, -0.25) is 14.8 Å². The maximum absolute atomic E-state index is 13.5. The van der Waals surface area contributed by atoms with Crippen molar-refractivity contribution in [3.8, 4) is 22.5 Å². The number of carbonyl (C=O) groups excluding carboxylic acids is 1. The Morgan fingerprint density at radius 3 is 2.29 bits per heavy atom. The molecule has 1 amide bonds. The number of benzene rings is 1. The first-order chi connectivity index (χ1) is 17.0. The molecule has 0 bridgehead atoms. The van der Waals surface area contributed by atoms with Gasteiger partial charge >= 0.3 is 0 Å². The summed E-state index contributed by atoms with van der Waals surface area (Å²) in [6, 6.07) is 13.5. The molecule has 1 fully saturated rings. The molecule has 0 unspecified atom stereocenters. The van der Waals surface area contributed by atoms with Crippen molar-refractivity contribution in [1.29, 1.82) is 0 Å². The number of nitrogens with zero attached hydrogens (tertiary/aromatic N) is 3. The third-order valence-electron chi connectivity index (χ3n) is 5.89. The van der Waals surface area contributed by atoms with E-state index < -0.39 is 11.7 Å². The van der Waals surface area contributed by atoms with Crippen LogP contribution in [0, 0.1) is 11.2 Å². The van der Waals surface area contributed by atoms with E-state index in [0.29, 0.717) is 18.1 Å². The first-order valence-corrected chi connectivity index (χ1v) is 11.2. The second-order valence-electron chi connectivity index (χ2n) is 8.64. The van der Waals surface area contributed by atoms with E-state index >= 15 is 0 Å². The Morgan fingerprint density at radius 2 is 1.63 bits per heavy atom. The lowest BCUT2D eigenvalue weighted by Crippen LogP contribution is -2.48. The average Bonchev–Trinajstić information content (AvgIpc) is 3.35. The van der Waals surface area contributed by atoms with Gasteiger partial charge < -0.3 is 19.8 Å². The molecule has 0 saturated carbocycles. The summed E-state index contributed by atoms with van der Waals surface area (Å²) in [6.07, 6.45) is 5.97. The topological polar surface area (TPSA) is 102 Å². The number of aromatic amines is 1. The third-order valence-corrected chi connectivity index (χ3v) is 5.89. The number of hydrogen-bond donors (Lipinski definition) is 2. The van der Waals surface area contributed by atoms with E-state index in [1.165, 1.54) is 12.1 Å². The highest BCUT2D eigenvalue weighted by Gasteiger charge is 2.40. The van der Waals surface area contributed by atoms with Crippen LogP contribution in [0.4, 0.5) is 4.39 Å². The molecule has 3 aromatic heterocycles. The maximum atomic E-state index is 13.5. The lowest BCUT2D eigenvalue weighted by molar-refractivity contribution is -0.231. The highest BCUT2D eigenvalue weighted by molar-refractivity contribution is 5.82. The molecule has 1 saturated heterocycles. The van der Waals surface area contributed by atoms with Crippen LogP contribution < -0.4 is 5.32 Å². The molecule has 0 atom stereocenters. The first-order valence-electron chi connectivity index (χ1n) is 11.2. The van der Waals surface area contributed by atoms with E-state index in [2.05, 4.69) is 20.3 Å². The van der Waals surface area contributed by atoms with Gasteiger partial charge in [-0.15, -0.1) is 0 Å². The van der Waals surface area contributed by atoms with Crippen LogP contribution in [-0.2, 0) is 20.8 Å². The van der Waals surface area contributed by atoms with Crippen LogP contribution >= 0.6 is 0 Å². The van der Waals surface area contributed by atoms with Gasteiger partial charge in [-0.2, -0.15) is 0 Å². The van der Waals surface area contributed by atoms with Crippen molar-refractivity contribution in [3.63, 3.8) is 0 Å². The number of carbonyl (C=O) groups is 1. The second kappa shape index (κ2) is 9.73. The Hall–Kier alpha value is -3.95. The molecule has 1 aromatic carbocycles. The SMILES string of the molecule is CC1(C(=O)NCc2ccncc2)COC(c2nc(-c3ccc(F)cc3)c(-c3ccncc3)[nH]2)OC1. The Balaban J connectivity index is 1.33. The minimum atomic E-state index is -0.843. The number of H-pyrrole nitrogens is 1. The highest BCUT2D eigenvalue weighted by Crippen LogP contribution is 2.35. The molecule has 2 N–H and O–H groups in total. The van der Waals surface area contributed by atoms with E-state index in [9.17, 15) is 9.18 Å². The van der Waals surface area contributed by atoms with Gasteiger partial charge in [0.1, 0.15) is 5.82 Å². The largest absolute Gasteiger partial charge is 0.351 e. The van der Waals surface area contributed by atoms with E-state index in [4.69, 9.17) is 14.5 Å². The fraction of sp³-hybridized carbons (Fsp3) is 0.231. The normalized spacial score (nSPS) is 19.9. The number of ether oxygens (including phenoxy) is 2. The Bertz CT molecular complexity index is 1290. The predicted molar refractivity (Wildman–Crippen MR) is 126 cm³/mol. The minimum Gasteiger partial charge on any atom is -0.351 e. The molecule has 1 aliphatic heterocycles. The third kappa shape index (κ3) is 4.96. The molecule has 9 heteroatoms. The standard InChI is InChI=1S/C26H24FN5O3/c1-26(25(33)30-14-17-6-10-28-11-7-17)15-34-24(35-16-26)23-31-21(18-2-4-20(27)5-3-18)22(32-23)19-8-12-29-13-9-19/h2-13,24H,14-16H2,1H3,(H,30,33)(H,31,32). The van der Waals surface area contributed by atoms with Crippen molar-refractivity contribution in [1.82, 2.24) is 25.3 Å². The molecule has 0 aliphatic carbocycles. The molecule has 5 rings (SSSR count). The molecule has 0 spiro atoms. The number of rotatable bonds is 6. The molecule has 8 nitrogen and oxygen atoms in total. The quantitative estimate of drug-likeness (QED) is 0.438. The zero-order chi connectivity index (χ0) is 24.3. The molecule has 178 valence electrons. The van der Waals surface area contributed by atoms with Crippen molar-refractivity contribution in [3.05, 3.63) is 90.5 Å². The highest BCUT2D eigenvalue weighted by atomic mass is 19.1. The monoisotopic (exact) mass is 473 g/mol. The van der Waals surface area contributed by atoms with Crippen molar-refractivity contribution in [2.45, 2.75) is 19.8 Å². The summed E-state index contributed by atoms with van der Waals surface area (Å²) in [4.78, 5) is 28.9. The number of aromatic nitrogens is 4. The maximum Gasteiger partial charge on any atom is 0.230 e. The van der Waals surface area contributed by atoms with Crippen molar-refractivity contribution in [2.75, 3.05) is 13.2 Å². The fourth-order valence-corrected chi connectivity index (χ4v) is 3.84. The zero-order valence-electron chi connectivity index (χ0n) is 19.1. The van der Waals surface area contributed by atoms with Crippen molar-refractivity contribution < 1.29 is 18.7 Å². The minimum absolute atomic E-state index is 0.156. The number of imidazole rings is 1. The Morgan fingerprint density at radius 1 is 1.00 bits per heavy atom. The smallest absolute Gasteiger partial charge is 0.230 e. The number of pyridine rings is 2. The van der Waals surface area contributed by atoms with Crippen molar-refractivity contribution >= 4 is 5.91 Å². The number of amides is 1. The molecular weight excluding hydrogens is 449 g/mol. The van der Waals surface area contributed by atoms with Crippen LogP contribution in [0.15, 0.2) is 73.3 Å². The lowest BCUT2D eigenvalue weighted by atomic mass is 9.91. The predicted octanol–water partition coefficient (Wildman–Crippen LogP) is 4.04. The number of halogens is 1. The van der Waals surface area contributed by atoms with Crippen LogP contribution in [0.2, 0.25) is 0 Å². The second-order valence-corrected chi connectivity index (χ2v) is 8.64. The lowest BCUT2D eigenvalue weighted by Gasteiger charge is -2.35. The van der Waals surface area contributed by atoms with Gasteiger partial charge in [0.15, 0.2) is 5.82 Å². The van der Waals surface area contributed by atoms with Gasteiger partial charge in [-0.25, -0.2) is 9.37 Å². The van der Waals surface area contributed by atoms with E-state index in [-0.39, 0.29) is 24.9 Å². The summed E-state index contributed by atoms with van der Waals surface area (Å²) in [5, 5.41) is 2.94. The van der Waals surface area contributed by atoms with Crippen LogP contribution in [0.25, 0.3) is 22.5 Å². The van der Waals surface area contributed by atoms with Gasteiger partial charge in [-0.05, 0) is 61.0 Å². The summed E-state index contributed by atoms with van der Waals surface area (Å²) in [7, 11) is 0. The Labute approximate surface area is 201 Å². The summed E-state index contributed by atoms with van der Waals surface area (Å²) in [5.41, 5.74) is 3.11. The van der Waals surface area contributed by atoms with Crippen LogP contribution in [0.3, 0.4) is 0 Å². The van der Waals surface area contributed by atoms with Gasteiger partial charge in [-0.1, -0.05) is 0 Å². The number of nitrogens with one attached hydrogen (secondary N) is 2. The van der Waals surface area contributed by atoms with Crippen LogP contribution in [-0.4, -0.2) is 39.1 Å². The van der Waals surface area contributed by atoms with Crippen molar-refractivity contribution in [2.24, 2.45) is 5.41 Å². The molecule has 1 aliphatic rings. The summed E-state index contributed by atoms with van der Waals surface area (Å²) in [5.74, 6) is -0.0116. The molecular formula is C26H24FN5O3. The van der Waals surface area contributed by atoms with Gasteiger partial charge in [0, 0.05) is 42.5 Å². The molecule has 4 heterocycles.